The van der Waals surface area contributed by atoms with Gasteiger partial charge in [-0.3, -0.25) is 4.79 Å². The molecule has 1 aliphatic rings. The lowest BCUT2D eigenvalue weighted by Crippen LogP contribution is -2.30. The van der Waals surface area contributed by atoms with E-state index in [4.69, 9.17) is 4.74 Å². The molecule has 82 valence electrons. The molecular formula is C10H19NO3. The number of carbonyl (C=O) groups excluding carboxylic acids is 1. The fourth-order valence-corrected chi connectivity index (χ4v) is 1.26. The second-order valence-electron chi connectivity index (χ2n) is 3.76. The summed E-state index contributed by atoms with van der Waals surface area (Å²) in [5, 5.41) is 12.6. The second kappa shape index (κ2) is 5.98. The van der Waals surface area contributed by atoms with E-state index in [9.17, 15) is 9.90 Å². The van der Waals surface area contributed by atoms with Crippen LogP contribution in [0.15, 0.2) is 0 Å². The van der Waals surface area contributed by atoms with E-state index in [2.05, 4.69) is 5.32 Å². The third-order valence-corrected chi connectivity index (χ3v) is 2.22. The van der Waals surface area contributed by atoms with Gasteiger partial charge in [-0.25, -0.2) is 0 Å². The van der Waals surface area contributed by atoms with E-state index in [-0.39, 0.29) is 12.4 Å². The molecule has 1 atom stereocenters. The van der Waals surface area contributed by atoms with Crippen molar-refractivity contribution < 1.29 is 14.6 Å². The largest absolute Gasteiger partial charge is 0.466 e. The van der Waals surface area contributed by atoms with E-state index in [1.807, 2.05) is 0 Å². The average molecular weight is 201 g/mol. The molecule has 0 radical (unpaired) electrons. The van der Waals surface area contributed by atoms with Gasteiger partial charge in [-0.2, -0.15) is 0 Å². The van der Waals surface area contributed by atoms with Gasteiger partial charge in [0.05, 0.1) is 19.1 Å². The summed E-state index contributed by atoms with van der Waals surface area (Å²) in [5.74, 6) is 0.470. The topological polar surface area (TPSA) is 58.6 Å². The molecule has 0 aromatic rings. The molecule has 0 heterocycles. The normalized spacial score (nSPS) is 17.9. The van der Waals surface area contributed by atoms with Crippen LogP contribution in [0.2, 0.25) is 0 Å². The highest BCUT2D eigenvalue weighted by atomic mass is 16.5. The van der Waals surface area contributed by atoms with E-state index >= 15 is 0 Å². The molecule has 14 heavy (non-hydrogen) atoms. The van der Waals surface area contributed by atoms with Crippen LogP contribution in [0, 0.1) is 5.92 Å². The van der Waals surface area contributed by atoms with Crippen molar-refractivity contribution in [2.24, 2.45) is 5.92 Å². The van der Waals surface area contributed by atoms with Crippen molar-refractivity contribution in [1.29, 1.82) is 0 Å². The zero-order chi connectivity index (χ0) is 10.4. The summed E-state index contributed by atoms with van der Waals surface area (Å²) in [6.45, 7) is 3.58. The maximum atomic E-state index is 11.0. The highest BCUT2D eigenvalue weighted by Gasteiger charge is 2.21. The van der Waals surface area contributed by atoms with Crippen molar-refractivity contribution in [2.45, 2.75) is 32.3 Å². The van der Waals surface area contributed by atoms with Gasteiger partial charge in [0.1, 0.15) is 0 Å². The first kappa shape index (κ1) is 11.5. The van der Waals surface area contributed by atoms with Crippen LogP contribution in [0.5, 0.6) is 0 Å². The number of carbonyl (C=O) groups is 1. The Kier molecular flexibility index (Phi) is 4.90. The van der Waals surface area contributed by atoms with Crippen LogP contribution in [0.1, 0.15) is 26.2 Å². The Morgan fingerprint density at radius 3 is 2.93 bits per heavy atom. The van der Waals surface area contributed by atoms with Crippen LogP contribution < -0.4 is 5.32 Å². The summed E-state index contributed by atoms with van der Waals surface area (Å²) >= 11 is 0. The molecule has 0 aliphatic heterocycles. The standard InChI is InChI=1S/C10H19NO3/c1-2-14-10(13)5-9(12)7-11-6-8-3-4-8/h8-9,11-12H,2-7H2,1H3. The molecule has 1 saturated carbocycles. The first-order valence-electron chi connectivity index (χ1n) is 5.26. The molecule has 0 aromatic heterocycles. The van der Waals surface area contributed by atoms with Gasteiger partial charge in [0.15, 0.2) is 0 Å². The number of rotatable bonds is 7. The lowest BCUT2D eigenvalue weighted by molar-refractivity contribution is -0.145. The lowest BCUT2D eigenvalue weighted by Gasteiger charge is -2.10. The molecular weight excluding hydrogens is 182 g/mol. The molecule has 0 aromatic carbocycles. The van der Waals surface area contributed by atoms with Crippen LogP contribution in [-0.4, -0.2) is 36.9 Å². The van der Waals surface area contributed by atoms with Crippen LogP contribution in [0.3, 0.4) is 0 Å². The van der Waals surface area contributed by atoms with E-state index in [0.29, 0.717) is 13.2 Å². The summed E-state index contributed by atoms with van der Waals surface area (Å²) in [5.41, 5.74) is 0. The van der Waals surface area contributed by atoms with Crippen LogP contribution >= 0.6 is 0 Å². The smallest absolute Gasteiger partial charge is 0.308 e. The van der Waals surface area contributed by atoms with Gasteiger partial charge in [0.2, 0.25) is 0 Å². The fraction of sp³-hybridized carbons (Fsp3) is 0.900. The Morgan fingerprint density at radius 1 is 1.64 bits per heavy atom. The molecule has 0 amide bonds. The SMILES string of the molecule is CCOC(=O)CC(O)CNCC1CC1. The molecule has 1 aliphatic carbocycles. The van der Waals surface area contributed by atoms with E-state index in [0.717, 1.165) is 12.5 Å². The molecule has 1 unspecified atom stereocenters. The maximum Gasteiger partial charge on any atom is 0.308 e. The van der Waals surface area contributed by atoms with Gasteiger partial charge in [-0.15, -0.1) is 0 Å². The average Bonchev–Trinajstić information content (AvgIpc) is 2.88. The van der Waals surface area contributed by atoms with Crippen molar-refractivity contribution in [3.8, 4) is 0 Å². The number of nitrogens with one attached hydrogen (secondary N) is 1. The Labute approximate surface area is 84.6 Å². The predicted octanol–water partition coefficient (Wildman–Crippen LogP) is 0.300. The van der Waals surface area contributed by atoms with Gasteiger partial charge in [-0.05, 0) is 32.2 Å². The number of aliphatic hydroxyl groups is 1. The summed E-state index contributed by atoms with van der Waals surface area (Å²) < 4.78 is 4.73. The number of hydrogen-bond acceptors (Lipinski definition) is 4. The summed E-state index contributed by atoms with van der Waals surface area (Å²) in [6.07, 6.45) is 2.06. The predicted molar refractivity (Wildman–Crippen MR) is 52.9 cm³/mol. The van der Waals surface area contributed by atoms with E-state index in [1.54, 1.807) is 6.92 Å². The molecule has 0 saturated heterocycles. The van der Waals surface area contributed by atoms with Gasteiger partial charge in [-0.1, -0.05) is 0 Å². The van der Waals surface area contributed by atoms with E-state index in [1.165, 1.54) is 12.8 Å². The minimum absolute atomic E-state index is 0.0888. The quantitative estimate of drug-likeness (QED) is 0.582. The molecule has 0 bridgehead atoms. The van der Waals surface area contributed by atoms with Crippen LogP contribution in [-0.2, 0) is 9.53 Å². The Balaban J connectivity index is 1.96. The monoisotopic (exact) mass is 201 g/mol. The molecule has 2 N–H and O–H groups in total. The van der Waals surface area contributed by atoms with Gasteiger partial charge in [0.25, 0.3) is 0 Å². The Bertz CT molecular complexity index is 180. The van der Waals surface area contributed by atoms with E-state index < -0.39 is 6.10 Å². The number of esters is 1. The summed E-state index contributed by atoms with van der Waals surface area (Å²) in [6, 6.07) is 0. The molecule has 4 heteroatoms. The number of hydrogen-bond donors (Lipinski definition) is 2. The zero-order valence-corrected chi connectivity index (χ0v) is 8.66. The lowest BCUT2D eigenvalue weighted by atomic mass is 10.2. The number of ether oxygens (including phenoxy) is 1. The van der Waals surface area contributed by atoms with Crippen molar-refractivity contribution >= 4 is 5.97 Å². The van der Waals surface area contributed by atoms with Crippen molar-refractivity contribution in [3.63, 3.8) is 0 Å². The molecule has 0 spiro atoms. The third kappa shape index (κ3) is 5.19. The van der Waals surface area contributed by atoms with Crippen molar-refractivity contribution in [1.82, 2.24) is 5.32 Å². The first-order valence-corrected chi connectivity index (χ1v) is 5.26. The third-order valence-electron chi connectivity index (χ3n) is 2.22. The van der Waals surface area contributed by atoms with Crippen molar-refractivity contribution in [3.05, 3.63) is 0 Å². The van der Waals surface area contributed by atoms with Crippen LogP contribution in [0.25, 0.3) is 0 Å². The van der Waals surface area contributed by atoms with Gasteiger partial charge < -0.3 is 15.2 Å². The Hall–Kier alpha value is -0.610. The minimum Gasteiger partial charge on any atom is -0.466 e. The minimum atomic E-state index is -0.618. The summed E-state index contributed by atoms with van der Waals surface area (Å²) in [4.78, 5) is 11.0. The maximum absolute atomic E-state index is 11.0. The molecule has 1 rings (SSSR count). The molecule has 1 fully saturated rings. The second-order valence-corrected chi connectivity index (χ2v) is 3.76. The highest BCUT2D eigenvalue weighted by Crippen LogP contribution is 2.27. The molecule has 4 nitrogen and oxygen atoms in total. The Morgan fingerprint density at radius 2 is 2.36 bits per heavy atom. The van der Waals surface area contributed by atoms with Gasteiger partial charge >= 0.3 is 5.97 Å². The van der Waals surface area contributed by atoms with Crippen LogP contribution in [0.4, 0.5) is 0 Å². The van der Waals surface area contributed by atoms with Crippen molar-refractivity contribution in [2.75, 3.05) is 19.7 Å². The first-order chi connectivity index (χ1) is 6.72. The summed E-state index contributed by atoms with van der Waals surface area (Å²) in [7, 11) is 0. The fourth-order valence-electron chi connectivity index (χ4n) is 1.26. The van der Waals surface area contributed by atoms with Gasteiger partial charge in [0, 0.05) is 6.54 Å². The highest BCUT2D eigenvalue weighted by molar-refractivity contribution is 5.69. The zero-order valence-electron chi connectivity index (χ0n) is 8.66. The number of aliphatic hydroxyl groups excluding tert-OH is 1.